The Kier molecular flexibility index (Phi) is 3.62. The third-order valence-corrected chi connectivity index (χ3v) is 3.47. The van der Waals surface area contributed by atoms with E-state index in [4.69, 9.17) is 4.74 Å². The van der Waals surface area contributed by atoms with E-state index in [9.17, 15) is 5.11 Å². The van der Waals surface area contributed by atoms with Crippen LogP contribution >= 0.6 is 0 Å². The van der Waals surface area contributed by atoms with Crippen molar-refractivity contribution in [2.75, 3.05) is 6.61 Å². The van der Waals surface area contributed by atoms with Crippen LogP contribution in [0.4, 0.5) is 0 Å². The first kappa shape index (κ1) is 12.4. The summed E-state index contributed by atoms with van der Waals surface area (Å²) < 4.78 is 7.58. The van der Waals surface area contributed by atoms with Crippen molar-refractivity contribution in [1.82, 2.24) is 9.78 Å². The van der Waals surface area contributed by atoms with E-state index < -0.39 is 0 Å². The summed E-state index contributed by atoms with van der Waals surface area (Å²) in [6, 6.07) is 11.9. The summed E-state index contributed by atoms with van der Waals surface area (Å²) >= 11 is 0. The molecule has 0 bridgehead atoms. The lowest BCUT2D eigenvalue weighted by molar-refractivity contribution is -0.0425. The molecule has 4 heteroatoms. The van der Waals surface area contributed by atoms with E-state index in [0.717, 1.165) is 42.8 Å². The van der Waals surface area contributed by atoms with Crippen molar-refractivity contribution in [3.05, 3.63) is 42.1 Å². The zero-order chi connectivity index (χ0) is 13.1. The number of nitrogens with zero attached hydrogens (tertiary/aromatic N) is 2. The number of aliphatic hydroxyl groups excluding tert-OH is 1. The van der Waals surface area contributed by atoms with Gasteiger partial charge in [-0.15, -0.1) is 0 Å². The van der Waals surface area contributed by atoms with E-state index in [1.807, 2.05) is 41.1 Å². The minimum absolute atomic E-state index is 0.0142. The number of aromatic nitrogens is 2. The van der Waals surface area contributed by atoms with E-state index in [-0.39, 0.29) is 12.8 Å². The fraction of sp³-hybridized carbons (Fsp3) is 0.400. The Hall–Kier alpha value is -1.65. The molecule has 19 heavy (non-hydrogen) atoms. The van der Waals surface area contributed by atoms with E-state index in [0.29, 0.717) is 0 Å². The van der Waals surface area contributed by atoms with Crippen molar-refractivity contribution in [2.45, 2.75) is 32.1 Å². The van der Waals surface area contributed by atoms with Crippen LogP contribution in [-0.2, 0) is 11.3 Å². The standard InChI is InChI=1S/C15H18N2O2/c18-11-13-10-14(12-6-2-1-3-7-12)16-17(13)15-8-4-5-9-19-15/h1-3,6-7,10,15,18H,4-5,8-9,11H2. The molecule has 1 aromatic heterocycles. The van der Waals surface area contributed by atoms with Gasteiger partial charge in [0.1, 0.15) is 0 Å². The Morgan fingerprint density at radius 3 is 2.79 bits per heavy atom. The normalized spacial score (nSPS) is 19.5. The Balaban J connectivity index is 1.94. The lowest BCUT2D eigenvalue weighted by Crippen LogP contribution is -2.21. The molecule has 1 aliphatic rings. The molecule has 2 heterocycles. The first-order valence-corrected chi connectivity index (χ1v) is 6.75. The molecule has 100 valence electrons. The summed E-state index contributed by atoms with van der Waals surface area (Å²) in [6.45, 7) is 0.760. The van der Waals surface area contributed by atoms with Gasteiger partial charge in [-0.3, -0.25) is 0 Å². The first-order valence-electron chi connectivity index (χ1n) is 6.75. The fourth-order valence-corrected chi connectivity index (χ4v) is 2.47. The van der Waals surface area contributed by atoms with Crippen LogP contribution in [0, 0.1) is 0 Å². The zero-order valence-electron chi connectivity index (χ0n) is 10.8. The predicted molar refractivity (Wildman–Crippen MR) is 72.4 cm³/mol. The highest BCUT2D eigenvalue weighted by molar-refractivity contribution is 5.59. The first-order chi connectivity index (χ1) is 9.38. The van der Waals surface area contributed by atoms with Crippen LogP contribution < -0.4 is 0 Å². The van der Waals surface area contributed by atoms with Crippen LogP contribution in [0.5, 0.6) is 0 Å². The second-order valence-corrected chi connectivity index (χ2v) is 4.81. The number of aliphatic hydroxyl groups is 1. The maximum Gasteiger partial charge on any atom is 0.150 e. The topological polar surface area (TPSA) is 47.3 Å². The molecular weight excluding hydrogens is 240 g/mol. The highest BCUT2D eigenvalue weighted by Crippen LogP contribution is 2.26. The molecule has 0 amide bonds. The largest absolute Gasteiger partial charge is 0.390 e. The van der Waals surface area contributed by atoms with Gasteiger partial charge in [0.15, 0.2) is 6.23 Å². The Bertz CT molecular complexity index is 530. The van der Waals surface area contributed by atoms with Crippen molar-refractivity contribution in [2.24, 2.45) is 0 Å². The van der Waals surface area contributed by atoms with E-state index in [1.165, 1.54) is 0 Å². The zero-order valence-corrected chi connectivity index (χ0v) is 10.8. The average Bonchev–Trinajstić information content (AvgIpc) is 2.93. The van der Waals surface area contributed by atoms with Crippen molar-refractivity contribution >= 4 is 0 Å². The van der Waals surface area contributed by atoms with Gasteiger partial charge in [0.05, 0.1) is 18.0 Å². The van der Waals surface area contributed by atoms with Gasteiger partial charge in [-0.05, 0) is 25.3 Å². The van der Waals surface area contributed by atoms with Gasteiger partial charge in [-0.2, -0.15) is 5.10 Å². The molecule has 1 fully saturated rings. The maximum absolute atomic E-state index is 9.49. The molecule has 2 aromatic rings. The number of benzene rings is 1. The Morgan fingerprint density at radius 1 is 1.26 bits per heavy atom. The van der Waals surface area contributed by atoms with Crippen molar-refractivity contribution in [1.29, 1.82) is 0 Å². The lowest BCUT2D eigenvalue weighted by atomic mass is 10.1. The van der Waals surface area contributed by atoms with Crippen LogP contribution in [0.15, 0.2) is 36.4 Å². The average molecular weight is 258 g/mol. The third-order valence-electron chi connectivity index (χ3n) is 3.47. The SMILES string of the molecule is OCc1cc(-c2ccccc2)nn1C1CCCCO1. The summed E-state index contributed by atoms with van der Waals surface area (Å²) in [5, 5.41) is 14.1. The van der Waals surface area contributed by atoms with Crippen LogP contribution in [0.25, 0.3) is 11.3 Å². The minimum atomic E-state index is -0.0339. The molecule has 0 aliphatic carbocycles. The van der Waals surface area contributed by atoms with Crippen molar-refractivity contribution < 1.29 is 9.84 Å². The Labute approximate surface area is 112 Å². The summed E-state index contributed by atoms with van der Waals surface area (Å²) in [5.41, 5.74) is 2.76. The lowest BCUT2D eigenvalue weighted by Gasteiger charge is -2.24. The molecule has 0 radical (unpaired) electrons. The highest BCUT2D eigenvalue weighted by Gasteiger charge is 2.20. The molecule has 0 saturated carbocycles. The fourth-order valence-electron chi connectivity index (χ4n) is 2.47. The van der Waals surface area contributed by atoms with Gasteiger partial charge in [0, 0.05) is 12.2 Å². The summed E-state index contributed by atoms with van der Waals surface area (Å²) in [6.07, 6.45) is 3.19. The van der Waals surface area contributed by atoms with Gasteiger partial charge in [-0.1, -0.05) is 30.3 Å². The molecule has 4 nitrogen and oxygen atoms in total. The van der Waals surface area contributed by atoms with Gasteiger partial charge in [0.2, 0.25) is 0 Å². The predicted octanol–water partition coefficient (Wildman–Crippen LogP) is 2.74. The number of ether oxygens (including phenoxy) is 1. The second-order valence-electron chi connectivity index (χ2n) is 4.81. The second kappa shape index (κ2) is 5.55. The van der Waals surface area contributed by atoms with Crippen molar-refractivity contribution in [3.63, 3.8) is 0 Å². The highest BCUT2D eigenvalue weighted by atomic mass is 16.5. The third kappa shape index (κ3) is 2.55. The number of rotatable bonds is 3. The molecule has 0 spiro atoms. The smallest absolute Gasteiger partial charge is 0.150 e. The van der Waals surface area contributed by atoms with E-state index >= 15 is 0 Å². The van der Waals surface area contributed by atoms with Crippen LogP contribution in [0.3, 0.4) is 0 Å². The maximum atomic E-state index is 9.49. The van der Waals surface area contributed by atoms with Crippen LogP contribution in [0.2, 0.25) is 0 Å². The molecule has 3 rings (SSSR count). The molecular formula is C15H18N2O2. The number of hydrogen-bond acceptors (Lipinski definition) is 3. The summed E-state index contributed by atoms with van der Waals surface area (Å²) in [7, 11) is 0. The van der Waals surface area contributed by atoms with Crippen LogP contribution in [0.1, 0.15) is 31.2 Å². The minimum Gasteiger partial charge on any atom is -0.390 e. The summed E-state index contributed by atoms with van der Waals surface area (Å²) in [5.74, 6) is 0. The van der Waals surface area contributed by atoms with Crippen molar-refractivity contribution in [3.8, 4) is 11.3 Å². The molecule has 1 saturated heterocycles. The van der Waals surface area contributed by atoms with E-state index in [1.54, 1.807) is 0 Å². The number of hydrogen-bond donors (Lipinski definition) is 1. The van der Waals surface area contributed by atoms with E-state index in [2.05, 4.69) is 5.10 Å². The molecule has 1 aliphatic heterocycles. The van der Waals surface area contributed by atoms with Gasteiger partial charge in [0.25, 0.3) is 0 Å². The molecule has 1 atom stereocenters. The molecule has 1 N–H and O–H groups in total. The summed E-state index contributed by atoms with van der Waals surface area (Å²) in [4.78, 5) is 0. The molecule has 1 unspecified atom stereocenters. The molecule has 1 aromatic carbocycles. The van der Waals surface area contributed by atoms with Gasteiger partial charge < -0.3 is 9.84 Å². The van der Waals surface area contributed by atoms with Crippen LogP contribution in [-0.4, -0.2) is 21.5 Å². The van der Waals surface area contributed by atoms with Gasteiger partial charge in [-0.25, -0.2) is 4.68 Å². The monoisotopic (exact) mass is 258 g/mol. The van der Waals surface area contributed by atoms with Gasteiger partial charge >= 0.3 is 0 Å². The Morgan fingerprint density at radius 2 is 2.11 bits per heavy atom. The quantitative estimate of drug-likeness (QED) is 0.920.